The van der Waals surface area contributed by atoms with Crippen molar-refractivity contribution in [3.63, 3.8) is 0 Å². The van der Waals surface area contributed by atoms with Crippen LogP contribution in [-0.2, 0) is 4.79 Å². The second-order valence-electron chi connectivity index (χ2n) is 7.57. The molecule has 0 bridgehead atoms. The summed E-state index contributed by atoms with van der Waals surface area (Å²) in [5.41, 5.74) is 1.60. The van der Waals surface area contributed by atoms with E-state index in [1.54, 1.807) is 7.11 Å². The Balaban J connectivity index is 1.55. The normalized spacial score (nSPS) is 15.1. The molecule has 0 radical (unpaired) electrons. The van der Waals surface area contributed by atoms with Crippen LogP contribution in [0.4, 0.5) is 5.69 Å². The Morgan fingerprint density at radius 3 is 2.55 bits per heavy atom. The molecule has 1 fully saturated rings. The van der Waals surface area contributed by atoms with Gasteiger partial charge in [-0.1, -0.05) is 48.3 Å². The number of aromatic nitrogens is 3. The van der Waals surface area contributed by atoms with Gasteiger partial charge < -0.3 is 10.1 Å². The Morgan fingerprint density at radius 1 is 1.16 bits per heavy atom. The number of amides is 1. The molecule has 162 valence electrons. The first kappa shape index (κ1) is 21.7. The van der Waals surface area contributed by atoms with Crippen molar-refractivity contribution >= 4 is 35.0 Å². The Morgan fingerprint density at radius 2 is 1.87 bits per heavy atom. The first-order valence-electron chi connectivity index (χ1n) is 10.4. The summed E-state index contributed by atoms with van der Waals surface area (Å²) in [5, 5.41) is 12.9. The molecule has 4 rings (SSSR count). The highest BCUT2D eigenvalue weighted by molar-refractivity contribution is 8.00. The predicted molar refractivity (Wildman–Crippen MR) is 125 cm³/mol. The van der Waals surface area contributed by atoms with Gasteiger partial charge in [0.15, 0.2) is 11.0 Å². The number of nitrogens with zero attached hydrogens (tertiary/aromatic N) is 3. The van der Waals surface area contributed by atoms with Crippen LogP contribution in [0.3, 0.4) is 0 Å². The van der Waals surface area contributed by atoms with E-state index in [0.29, 0.717) is 11.1 Å². The van der Waals surface area contributed by atoms with Crippen LogP contribution in [0.25, 0.3) is 11.4 Å². The summed E-state index contributed by atoms with van der Waals surface area (Å²) in [6, 6.07) is 15.3. The monoisotopic (exact) mass is 456 g/mol. The lowest BCUT2D eigenvalue weighted by molar-refractivity contribution is -0.115. The van der Waals surface area contributed by atoms with Crippen molar-refractivity contribution in [1.29, 1.82) is 0 Å². The molecule has 1 heterocycles. The fraction of sp³-hybridized carbons (Fsp3) is 0.348. The molecule has 0 aliphatic heterocycles. The van der Waals surface area contributed by atoms with Crippen LogP contribution in [0.15, 0.2) is 53.7 Å². The van der Waals surface area contributed by atoms with Crippen molar-refractivity contribution in [3.05, 3.63) is 53.6 Å². The number of hydrogen-bond acceptors (Lipinski definition) is 5. The molecule has 1 amide bonds. The minimum Gasteiger partial charge on any atom is -0.497 e. The third kappa shape index (κ3) is 4.88. The number of benzene rings is 2. The summed E-state index contributed by atoms with van der Waals surface area (Å²) in [6.45, 7) is 1.88. The van der Waals surface area contributed by atoms with E-state index in [1.165, 1.54) is 24.6 Å². The molecule has 8 heteroatoms. The molecule has 1 aliphatic rings. The average Bonchev–Trinajstić information content (AvgIpc) is 3.44. The zero-order valence-electron chi connectivity index (χ0n) is 17.5. The van der Waals surface area contributed by atoms with Crippen molar-refractivity contribution < 1.29 is 9.53 Å². The van der Waals surface area contributed by atoms with E-state index in [2.05, 4.69) is 20.1 Å². The van der Waals surface area contributed by atoms with E-state index in [0.717, 1.165) is 40.8 Å². The number of rotatable bonds is 7. The van der Waals surface area contributed by atoms with Gasteiger partial charge >= 0.3 is 0 Å². The molecule has 2 aromatic carbocycles. The molecule has 1 unspecified atom stereocenters. The van der Waals surface area contributed by atoms with E-state index in [-0.39, 0.29) is 11.2 Å². The Labute approximate surface area is 191 Å². The van der Waals surface area contributed by atoms with Crippen LogP contribution in [0.5, 0.6) is 5.75 Å². The van der Waals surface area contributed by atoms with Crippen LogP contribution in [-0.4, -0.2) is 33.0 Å². The van der Waals surface area contributed by atoms with Crippen molar-refractivity contribution in [2.24, 2.45) is 0 Å². The van der Waals surface area contributed by atoms with E-state index >= 15 is 0 Å². The lowest BCUT2D eigenvalue weighted by atomic mass is 10.2. The van der Waals surface area contributed by atoms with Crippen LogP contribution in [0.1, 0.15) is 38.6 Å². The SMILES string of the molecule is COc1ccc(NC(=O)C(C)Sc2nnc(-c3ccccc3Cl)n2C2CCCC2)cc1. The lowest BCUT2D eigenvalue weighted by Crippen LogP contribution is -2.23. The molecular weight excluding hydrogens is 432 g/mol. The summed E-state index contributed by atoms with van der Waals surface area (Å²) in [5.74, 6) is 1.43. The number of carbonyl (C=O) groups excluding carboxylic acids is 1. The van der Waals surface area contributed by atoms with Crippen LogP contribution < -0.4 is 10.1 Å². The van der Waals surface area contributed by atoms with Gasteiger partial charge in [-0.3, -0.25) is 9.36 Å². The van der Waals surface area contributed by atoms with Gasteiger partial charge in [0.25, 0.3) is 0 Å². The summed E-state index contributed by atoms with van der Waals surface area (Å²) >= 11 is 7.88. The number of anilines is 1. The van der Waals surface area contributed by atoms with E-state index < -0.39 is 0 Å². The lowest BCUT2D eigenvalue weighted by Gasteiger charge is -2.19. The quantitative estimate of drug-likeness (QED) is 0.452. The molecular formula is C23H25ClN4O2S. The zero-order valence-corrected chi connectivity index (χ0v) is 19.1. The molecule has 6 nitrogen and oxygen atoms in total. The number of hydrogen-bond donors (Lipinski definition) is 1. The second-order valence-corrected chi connectivity index (χ2v) is 9.29. The van der Waals surface area contributed by atoms with Gasteiger partial charge in [-0.2, -0.15) is 0 Å². The smallest absolute Gasteiger partial charge is 0.237 e. The summed E-state index contributed by atoms with van der Waals surface area (Å²) in [4.78, 5) is 12.8. The minimum absolute atomic E-state index is 0.0876. The van der Waals surface area contributed by atoms with E-state index in [9.17, 15) is 4.79 Å². The van der Waals surface area contributed by atoms with Gasteiger partial charge in [-0.05, 0) is 56.2 Å². The Bertz CT molecular complexity index is 1050. The maximum absolute atomic E-state index is 12.8. The van der Waals surface area contributed by atoms with Crippen LogP contribution in [0, 0.1) is 0 Å². The standard InChI is InChI=1S/C23H25ClN4O2S/c1-15(22(29)25-16-11-13-18(30-2)14-12-16)31-23-27-26-21(19-9-5-6-10-20(19)24)28(23)17-7-3-4-8-17/h5-6,9-15,17H,3-4,7-8H2,1-2H3,(H,25,29). The fourth-order valence-corrected chi connectivity index (χ4v) is 4.94. The molecule has 1 aromatic heterocycles. The molecule has 1 aliphatic carbocycles. The number of halogens is 1. The van der Waals surface area contributed by atoms with Gasteiger partial charge in [0.1, 0.15) is 5.75 Å². The molecule has 31 heavy (non-hydrogen) atoms. The predicted octanol–water partition coefficient (Wildman–Crippen LogP) is 5.84. The summed E-state index contributed by atoms with van der Waals surface area (Å²) < 4.78 is 7.34. The van der Waals surface area contributed by atoms with Crippen molar-refractivity contribution in [3.8, 4) is 17.1 Å². The fourth-order valence-electron chi connectivity index (χ4n) is 3.81. The minimum atomic E-state index is -0.342. The molecule has 0 spiro atoms. The van der Waals surface area contributed by atoms with Gasteiger partial charge in [0.05, 0.1) is 17.4 Å². The summed E-state index contributed by atoms with van der Waals surface area (Å²) in [7, 11) is 1.61. The largest absolute Gasteiger partial charge is 0.497 e. The van der Waals surface area contributed by atoms with Crippen molar-refractivity contribution in [2.45, 2.75) is 49.1 Å². The van der Waals surface area contributed by atoms with E-state index in [4.69, 9.17) is 16.3 Å². The highest BCUT2D eigenvalue weighted by atomic mass is 35.5. The first-order chi connectivity index (χ1) is 15.1. The number of thioether (sulfide) groups is 1. The summed E-state index contributed by atoms with van der Waals surface area (Å²) in [6.07, 6.45) is 4.52. The molecule has 1 saturated carbocycles. The first-order valence-corrected chi connectivity index (χ1v) is 11.6. The molecule has 0 saturated heterocycles. The van der Waals surface area contributed by atoms with Gasteiger partial charge in [0, 0.05) is 17.3 Å². The highest BCUT2D eigenvalue weighted by Gasteiger charge is 2.28. The van der Waals surface area contributed by atoms with Crippen molar-refractivity contribution in [2.75, 3.05) is 12.4 Å². The number of carbonyl (C=O) groups is 1. The molecule has 1 N–H and O–H groups in total. The van der Waals surface area contributed by atoms with Gasteiger partial charge in [-0.15, -0.1) is 10.2 Å². The Hall–Kier alpha value is -2.51. The van der Waals surface area contributed by atoms with Crippen LogP contribution >= 0.6 is 23.4 Å². The average molecular weight is 457 g/mol. The molecule has 3 aromatic rings. The van der Waals surface area contributed by atoms with Crippen molar-refractivity contribution in [1.82, 2.24) is 14.8 Å². The zero-order chi connectivity index (χ0) is 21.8. The third-order valence-electron chi connectivity index (χ3n) is 5.48. The maximum Gasteiger partial charge on any atom is 0.237 e. The molecule has 1 atom stereocenters. The maximum atomic E-state index is 12.8. The topological polar surface area (TPSA) is 69.0 Å². The van der Waals surface area contributed by atoms with Gasteiger partial charge in [0.2, 0.25) is 5.91 Å². The number of nitrogens with one attached hydrogen (secondary N) is 1. The number of ether oxygens (including phenoxy) is 1. The third-order valence-corrected chi connectivity index (χ3v) is 6.86. The van der Waals surface area contributed by atoms with Gasteiger partial charge in [-0.25, -0.2) is 0 Å². The second kappa shape index (κ2) is 9.75. The Kier molecular flexibility index (Phi) is 6.83. The number of methoxy groups -OCH3 is 1. The van der Waals surface area contributed by atoms with Crippen LogP contribution in [0.2, 0.25) is 5.02 Å². The van der Waals surface area contributed by atoms with E-state index in [1.807, 2.05) is 55.5 Å². The highest BCUT2D eigenvalue weighted by Crippen LogP contribution is 2.39.